The number of amides is 1. The highest BCUT2D eigenvalue weighted by atomic mass is 32.1. The summed E-state index contributed by atoms with van der Waals surface area (Å²) in [4.78, 5) is 14.7. The van der Waals surface area contributed by atoms with E-state index in [9.17, 15) is 9.90 Å². The van der Waals surface area contributed by atoms with E-state index in [1.165, 1.54) is 30.6 Å². The van der Waals surface area contributed by atoms with Crippen molar-refractivity contribution in [3.05, 3.63) is 21.9 Å². The number of rotatable bonds is 5. The summed E-state index contributed by atoms with van der Waals surface area (Å²) in [5.74, 6) is 0.505. The van der Waals surface area contributed by atoms with Crippen LogP contribution >= 0.6 is 11.3 Å². The second-order valence-electron chi connectivity index (χ2n) is 7.06. The Morgan fingerprint density at radius 2 is 2.00 bits per heavy atom. The van der Waals surface area contributed by atoms with Gasteiger partial charge in [-0.15, -0.1) is 11.3 Å². The van der Waals surface area contributed by atoms with Gasteiger partial charge < -0.3 is 10.4 Å². The lowest BCUT2D eigenvalue weighted by Crippen LogP contribution is -2.40. The van der Waals surface area contributed by atoms with Gasteiger partial charge in [0.15, 0.2) is 0 Å². The Balaban J connectivity index is 1.69. The summed E-state index contributed by atoms with van der Waals surface area (Å²) in [6.45, 7) is 2.58. The summed E-state index contributed by atoms with van der Waals surface area (Å²) in [7, 11) is 0. The third-order valence-electron chi connectivity index (χ3n) is 5.45. The van der Waals surface area contributed by atoms with E-state index in [2.05, 4.69) is 11.4 Å². The summed E-state index contributed by atoms with van der Waals surface area (Å²) in [5, 5.41) is 13.0. The molecule has 3 rings (SSSR count). The highest BCUT2D eigenvalue weighted by molar-refractivity contribution is 7.12. The molecule has 2 fully saturated rings. The van der Waals surface area contributed by atoms with Crippen molar-refractivity contribution < 1.29 is 9.90 Å². The molecular weight excluding hydrogens is 294 g/mol. The van der Waals surface area contributed by atoms with Crippen LogP contribution in [0.25, 0.3) is 0 Å². The van der Waals surface area contributed by atoms with Crippen LogP contribution in [0.15, 0.2) is 12.1 Å². The van der Waals surface area contributed by atoms with Crippen molar-refractivity contribution in [1.82, 2.24) is 5.32 Å². The molecule has 122 valence electrons. The van der Waals surface area contributed by atoms with Crippen molar-refractivity contribution in [2.45, 2.75) is 69.8 Å². The number of nitrogens with one attached hydrogen (secondary N) is 1. The largest absolute Gasteiger partial charge is 0.388 e. The number of hydrogen-bond acceptors (Lipinski definition) is 3. The summed E-state index contributed by atoms with van der Waals surface area (Å²) in [6.07, 6.45) is 8.90. The van der Waals surface area contributed by atoms with Crippen molar-refractivity contribution in [2.75, 3.05) is 6.54 Å². The van der Waals surface area contributed by atoms with Crippen molar-refractivity contribution in [2.24, 2.45) is 5.92 Å². The van der Waals surface area contributed by atoms with Gasteiger partial charge in [-0.2, -0.15) is 0 Å². The third kappa shape index (κ3) is 3.23. The molecule has 2 aliphatic rings. The van der Waals surface area contributed by atoms with E-state index in [4.69, 9.17) is 0 Å². The molecule has 0 spiro atoms. The Bertz CT molecular complexity index is 511. The highest BCUT2D eigenvalue weighted by Gasteiger charge is 2.38. The summed E-state index contributed by atoms with van der Waals surface area (Å²) in [6, 6.07) is 4.21. The molecule has 2 saturated carbocycles. The number of thiophene rings is 1. The van der Waals surface area contributed by atoms with Gasteiger partial charge in [-0.1, -0.05) is 25.7 Å². The third-order valence-corrected chi connectivity index (χ3v) is 6.95. The van der Waals surface area contributed by atoms with Crippen LogP contribution in [-0.4, -0.2) is 17.6 Å². The predicted octanol–water partition coefficient (Wildman–Crippen LogP) is 3.92. The van der Waals surface area contributed by atoms with Crippen LogP contribution in [0.3, 0.4) is 0 Å². The maximum Gasteiger partial charge on any atom is 0.223 e. The molecule has 0 aromatic carbocycles. The Hall–Kier alpha value is -0.870. The minimum atomic E-state index is -0.398. The van der Waals surface area contributed by atoms with E-state index < -0.39 is 6.10 Å². The van der Waals surface area contributed by atoms with E-state index >= 15 is 0 Å². The van der Waals surface area contributed by atoms with E-state index in [-0.39, 0.29) is 17.2 Å². The van der Waals surface area contributed by atoms with Gasteiger partial charge in [0.2, 0.25) is 5.91 Å². The number of carbonyl (C=O) groups is 1. The fourth-order valence-electron chi connectivity index (χ4n) is 4.01. The quantitative estimate of drug-likeness (QED) is 0.863. The SMILES string of the molecule is CC(O)c1ccc(C2(CNC(=O)C3CCCC3)CCCC2)s1. The standard InChI is InChI=1S/C18H27NO2S/c1-13(20)15-8-9-16(22-15)18(10-4-5-11-18)12-19-17(21)14-6-2-3-7-14/h8-9,13-14,20H,2-7,10-12H2,1H3,(H,19,21). The van der Waals surface area contributed by atoms with Crippen LogP contribution in [0.2, 0.25) is 0 Å². The fourth-order valence-corrected chi connectivity index (χ4v) is 5.20. The normalized spacial score (nSPS) is 22.8. The molecule has 0 saturated heterocycles. The molecule has 1 aromatic heterocycles. The molecule has 1 unspecified atom stereocenters. The minimum absolute atomic E-state index is 0.103. The van der Waals surface area contributed by atoms with Crippen molar-refractivity contribution >= 4 is 17.2 Å². The molecule has 0 aliphatic heterocycles. The van der Waals surface area contributed by atoms with Gasteiger partial charge in [0.25, 0.3) is 0 Å². The van der Waals surface area contributed by atoms with Crippen LogP contribution < -0.4 is 5.32 Å². The molecule has 1 amide bonds. The minimum Gasteiger partial charge on any atom is -0.388 e. The molecule has 2 N–H and O–H groups in total. The lowest BCUT2D eigenvalue weighted by atomic mass is 9.84. The van der Waals surface area contributed by atoms with E-state index in [1.807, 2.05) is 13.0 Å². The lowest BCUT2D eigenvalue weighted by Gasteiger charge is -2.29. The summed E-state index contributed by atoms with van der Waals surface area (Å²) >= 11 is 1.72. The number of hydrogen-bond donors (Lipinski definition) is 2. The van der Waals surface area contributed by atoms with Crippen LogP contribution in [0.4, 0.5) is 0 Å². The zero-order valence-corrected chi connectivity index (χ0v) is 14.3. The summed E-state index contributed by atoms with van der Waals surface area (Å²) < 4.78 is 0. The van der Waals surface area contributed by atoms with Gasteiger partial charge in [-0.05, 0) is 44.7 Å². The fraction of sp³-hybridized carbons (Fsp3) is 0.722. The molecule has 0 bridgehead atoms. The molecule has 4 heteroatoms. The lowest BCUT2D eigenvalue weighted by molar-refractivity contribution is -0.125. The number of carbonyl (C=O) groups excluding carboxylic acids is 1. The smallest absolute Gasteiger partial charge is 0.223 e. The monoisotopic (exact) mass is 321 g/mol. The molecule has 1 aromatic rings. The molecule has 0 radical (unpaired) electrons. The van der Waals surface area contributed by atoms with E-state index in [0.717, 1.165) is 37.1 Å². The zero-order chi connectivity index (χ0) is 15.6. The van der Waals surface area contributed by atoms with Gasteiger partial charge in [0.05, 0.1) is 6.10 Å². The van der Waals surface area contributed by atoms with Crippen molar-refractivity contribution in [3.63, 3.8) is 0 Å². The maximum absolute atomic E-state index is 12.3. The average molecular weight is 321 g/mol. The van der Waals surface area contributed by atoms with E-state index in [1.54, 1.807) is 11.3 Å². The molecule has 2 aliphatic carbocycles. The molecule has 1 atom stereocenters. The summed E-state index contributed by atoms with van der Waals surface area (Å²) in [5.41, 5.74) is 0.103. The molecule has 22 heavy (non-hydrogen) atoms. The van der Waals surface area contributed by atoms with Gasteiger partial charge >= 0.3 is 0 Å². The van der Waals surface area contributed by atoms with E-state index in [0.29, 0.717) is 0 Å². The zero-order valence-electron chi connectivity index (χ0n) is 13.4. The van der Waals surface area contributed by atoms with Gasteiger partial charge in [-0.25, -0.2) is 0 Å². The van der Waals surface area contributed by atoms with Crippen LogP contribution in [-0.2, 0) is 10.2 Å². The highest BCUT2D eigenvalue weighted by Crippen LogP contribution is 2.44. The molecular formula is C18H27NO2S. The Kier molecular flexibility index (Phi) is 4.88. The van der Waals surface area contributed by atoms with Gasteiger partial charge in [0, 0.05) is 27.6 Å². The first-order valence-electron chi connectivity index (χ1n) is 8.67. The van der Waals surface area contributed by atoms with Crippen LogP contribution in [0, 0.1) is 5.92 Å². The number of aliphatic hydroxyl groups excluding tert-OH is 1. The Morgan fingerprint density at radius 3 is 2.59 bits per heavy atom. The topological polar surface area (TPSA) is 49.3 Å². The maximum atomic E-state index is 12.3. The Labute approximate surface area is 137 Å². The van der Waals surface area contributed by atoms with Gasteiger partial charge in [0.1, 0.15) is 0 Å². The first-order valence-corrected chi connectivity index (χ1v) is 9.48. The second-order valence-corrected chi connectivity index (χ2v) is 8.18. The molecule has 1 heterocycles. The first-order chi connectivity index (χ1) is 10.6. The van der Waals surface area contributed by atoms with Crippen LogP contribution in [0.1, 0.15) is 74.1 Å². The van der Waals surface area contributed by atoms with Crippen molar-refractivity contribution in [1.29, 1.82) is 0 Å². The van der Waals surface area contributed by atoms with Crippen LogP contribution in [0.5, 0.6) is 0 Å². The average Bonchev–Trinajstić information content (AvgIpc) is 3.24. The Morgan fingerprint density at radius 1 is 1.32 bits per heavy atom. The van der Waals surface area contributed by atoms with Crippen molar-refractivity contribution in [3.8, 4) is 0 Å². The number of aliphatic hydroxyl groups is 1. The van der Waals surface area contributed by atoms with Gasteiger partial charge in [-0.3, -0.25) is 4.79 Å². The first kappa shape index (κ1) is 16.0. The molecule has 3 nitrogen and oxygen atoms in total. The predicted molar refractivity (Wildman–Crippen MR) is 90.1 cm³/mol. The second kappa shape index (κ2) is 6.71.